The van der Waals surface area contributed by atoms with Gasteiger partial charge in [-0.3, -0.25) is 0 Å². The zero-order valence-corrected chi connectivity index (χ0v) is 17.8. The number of hydrogen-bond donors (Lipinski definition) is 3. The number of ether oxygens (including phenoxy) is 3. The number of benzene rings is 2. The van der Waals surface area contributed by atoms with Gasteiger partial charge in [0.1, 0.15) is 17.5 Å². The van der Waals surface area contributed by atoms with Crippen molar-refractivity contribution in [2.24, 2.45) is 5.92 Å². The molecule has 2 aromatic carbocycles. The van der Waals surface area contributed by atoms with Gasteiger partial charge in [-0.1, -0.05) is 36.7 Å². The predicted octanol–water partition coefficient (Wildman–Crippen LogP) is 2.63. The van der Waals surface area contributed by atoms with Gasteiger partial charge in [-0.15, -0.1) is 0 Å². The number of fused-ring (bicyclic) bond motifs is 2. The lowest BCUT2D eigenvalue weighted by Gasteiger charge is -2.46. The molecule has 3 N–H and O–H groups in total. The van der Waals surface area contributed by atoms with Crippen LogP contribution in [-0.4, -0.2) is 52.9 Å². The summed E-state index contributed by atoms with van der Waals surface area (Å²) in [6.45, 7) is 3.86. The van der Waals surface area contributed by atoms with E-state index in [1.165, 1.54) is 0 Å². The number of rotatable bonds is 6. The first-order chi connectivity index (χ1) is 14.3. The average Bonchev–Trinajstić information content (AvgIpc) is 3.14. The molecule has 0 radical (unpaired) electrons. The highest BCUT2D eigenvalue weighted by molar-refractivity contribution is 6.31. The topological polar surface area (TPSA) is 88.4 Å². The zero-order chi connectivity index (χ0) is 21.5. The third kappa shape index (κ3) is 3.42. The highest BCUT2D eigenvalue weighted by Gasteiger charge is 2.66. The summed E-state index contributed by atoms with van der Waals surface area (Å²) in [4.78, 5) is 0. The monoisotopic (exact) mass is 434 g/mol. The van der Waals surface area contributed by atoms with E-state index in [1.54, 1.807) is 19.1 Å². The van der Waals surface area contributed by atoms with Crippen LogP contribution in [0.15, 0.2) is 42.5 Å². The fraction of sp³-hybridized carbons (Fsp3) is 0.478. The first-order valence-electron chi connectivity index (χ1n) is 10.2. The van der Waals surface area contributed by atoms with E-state index in [0.29, 0.717) is 23.6 Å². The van der Waals surface area contributed by atoms with Crippen LogP contribution in [0.5, 0.6) is 5.75 Å². The summed E-state index contributed by atoms with van der Waals surface area (Å²) in [5.41, 5.74) is 1.26. The third-order valence-corrected chi connectivity index (χ3v) is 6.52. The Hall–Kier alpha value is -1.67. The van der Waals surface area contributed by atoms with Gasteiger partial charge in [-0.05, 0) is 48.7 Å². The van der Waals surface area contributed by atoms with Gasteiger partial charge in [-0.25, -0.2) is 0 Å². The Bertz CT molecular complexity index is 903. The number of hydrogen-bond acceptors (Lipinski definition) is 6. The molecule has 2 aliphatic rings. The minimum atomic E-state index is -1.46. The molecule has 0 aliphatic carbocycles. The molecule has 0 unspecified atom stereocenters. The lowest BCUT2D eigenvalue weighted by atomic mass is 9.78. The summed E-state index contributed by atoms with van der Waals surface area (Å²) in [6, 6.07) is 13.2. The lowest BCUT2D eigenvalue weighted by Crippen LogP contribution is -2.62. The SMILES string of the molecule is CCOc1ccc(Cc2cc([C@]34OC[C@](CO)(O3)[C@@H](O)[C@H](C)[C@H]4O)ccc2Cl)cc1. The second-order valence-electron chi connectivity index (χ2n) is 8.09. The van der Waals surface area contributed by atoms with Gasteiger partial charge in [0.25, 0.3) is 0 Å². The molecule has 2 fully saturated rings. The van der Waals surface area contributed by atoms with Gasteiger partial charge < -0.3 is 29.5 Å². The molecule has 6 nitrogen and oxygen atoms in total. The second-order valence-corrected chi connectivity index (χ2v) is 8.50. The van der Waals surface area contributed by atoms with Gasteiger partial charge in [-0.2, -0.15) is 0 Å². The summed E-state index contributed by atoms with van der Waals surface area (Å²) in [6.07, 6.45) is -1.56. The van der Waals surface area contributed by atoms with Gasteiger partial charge in [0.15, 0.2) is 0 Å². The van der Waals surface area contributed by atoms with Crippen molar-refractivity contribution in [1.29, 1.82) is 0 Å². The van der Waals surface area contributed by atoms with Crippen LogP contribution in [0.1, 0.15) is 30.5 Å². The highest BCUT2D eigenvalue weighted by atomic mass is 35.5. The number of aliphatic hydroxyl groups is 3. The third-order valence-electron chi connectivity index (χ3n) is 6.15. The van der Waals surface area contributed by atoms with Crippen molar-refractivity contribution in [3.63, 3.8) is 0 Å². The molecule has 2 aliphatic heterocycles. The summed E-state index contributed by atoms with van der Waals surface area (Å²) in [7, 11) is 0. The normalized spacial score (nSPS) is 32.9. The quantitative estimate of drug-likeness (QED) is 0.647. The molecule has 2 aromatic rings. The molecular weight excluding hydrogens is 408 g/mol. The Balaban J connectivity index is 1.66. The molecule has 0 amide bonds. The van der Waals surface area contributed by atoms with E-state index in [4.69, 9.17) is 25.8 Å². The van der Waals surface area contributed by atoms with E-state index in [9.17, 15) is 15.3 Å². The molecule has 30 heavy (non-hydrogen) atoms. The number of halogens is 1. The van der Waals surface area contributed by atoms with Gasteiger partial charge in [0.05, 0.1) is 25.9 Å². The average molecular weight is 435 g/mol. The van der Waals surface area contributed by atoms with E-state index in [2.05, 4.69) is 0 Å². The Labute approximate surface area is 181 Å². The molecular formula is C23H27ClO6. The zero-order valence-electron chi connectivity index (χ0n) is 17.0. The van der Waals surface area contributed by atoms with Crippen LogP contribution in [-0.2, 0) is 21.7 Å². The van der Waals surface area contributed by atoms with Gasteiger partial charge in [0, 0.05) is 16.5 Å². The first-order valence-corrected chi connectivity index (χ1v) is 10.5. The fourth-order valence-electron chi connectivity index (χ4n) is 4.38. The smallest absolute Gasteiger partial charge is 0.223 e. The molecule has 0 aromatic heterocycles. The summed E-state index contributed by atoms with van der Waals surface area (Å²) < 4.78 is 17.5. The Kier molecular flexibility index (Phi) is 5.83. The molecule has 0 spiro atoms. The maximum atomic E-state index is 10.9. The van der Waals surface area contributed by atoms with Crippen molar-refractivity contribution < 1.29 is 29.5 Å². The molecule has 162 valence electrons. The van der Waals surface area contributed by atoms with Crippen LogP contribution in [0.25, 0.3) is 0 Å². The van der Waals surface area contributed by atoms with E-state index in [1.807, 2.05) is 37.3 Å². The predicted molar refractivity (Wildman–Crippen MR) is 112 cm³/mol. The number of aliphatic hydroxyl groups excluding tert-OH is 3. The molecule has 7 heteroatoms. The molecule has 0 saturated carbocycles. The van der Waals surface area contributed by atoms with Gasteiger partial charge in [0.2, 0.25) is 5.79 Å². The van der Waals surface area contributed by atoms with Crippen molar-refractivity contribution in [2.45, 2.75) is 43.9 Å². The molecule has 2 heterocycles. The van der Waals surface area contributed by atoms with Crippen LogP contribution >= 0.6 is 11.6 Å². The van der Waals surface area contributed by atoms with E-state index in [0.717, 1.165) is 16.9 Å². The van der Waals surface area contributed by atoms with Crippen LogP contribution < -0.4 is 4.74 Å². The van der Waals surface area contributed by atoms with E-state index < -0.39 is 36.1 Å². The second kappa shape index (κ2) is 8.11. The van der Waals surface area contributed by atoms with Crippen LogP contribution in [0, 0.1) is 5.92 Å². The van der Waals surface area contributed by atoms with Crippen molar-refractivity contribution in [3.8, 4) is 5.75 Å². The van der Waals surface area contributed by atoms with Crippen molar-refractivity contribution in [3.05, 3.63) is 64.2 Å². The minimum absolute atomic E-state index is 0.0110. The first kappa shape index (κ1) is 21.6. The molecule has 2 saturated heterocycles. The molecule has 4 rings (SSSR count). The van der Waals surface area contributed by atoms with Crippen LogP contribution in [0.4, 0.5) is 0 Å². The Morgan fingerprint density at radius 3 is 2.53 bits per heavy atom. The van der Waals surface area contributed by atoms with E-state index in [-0.39, 0.29) is 6.61 Å². The maximum Gasteiger partial charge on any atom is 0.223 e. The summed E-state index contributed by atoms with van der Waals surface area (Å²) >= 11 is 6.46. The van der Waals surface area contributed by atoms with Crippen molar-refractivity contribution in [2.75, 3.05) is 19.8 Å². The Morgan fingerprint density at radius 1 is 1.13 bits per heavy atom. The maximum absolute atomic E-state index is 10.9. The van der Waals surface area contributed by atoms with Crippen LogP contribution in [0.2, 0.25) is 5.02 Å². The van der Waals surface area contributed by atoms with E-state index >= 15 is 0 Å². The highest BCUT2D eigenvalue weighted by Crippen LogP contribution is 2.51. The van der Waals surface area contributed by atoms with Gasteiger partial charge >= 0.3 is 0 Å². The standard InChI is InChI=1S/C23H27ClO6/c1-3-28-18-7-4-15(5-8-18)10-16-11-17(6-9-19(16)24)23-21(27)14(2)20(26)22(12-25,30-23)13-29-23/h4-9,11,14,20-21,25-27H,3,10,12-13H2,1-2H3/t14-,20-,21+,22-,23-/m0/s1. The molecule has 5 atom stereocenters. The van der Waals surface area contributed by atoms with Crippen molar-refractivity contribution >= 4 is 11.6 Å². The minimum Gasteiger partial charge on any atom is -0.494 e. The van der Waals surface area contributed by atoms with Crippen LogP contribution in [0.3, 0.4) is 0 Å². The summed E-state index contributed by atoms with van der Waals surface area (Å²) in [5.74, 6) is -1.19. The lowest BCUT2D eigenvalue weighted by molar-refractivity contribution is -0.317. The fourth-order valence-corrected chi connectivity index (χ4v) is 4.57. The largest absolute Gasteiger partial charge is 0.494 e. The Morgan fingerprint density at radius 2 is 1.87 bits per heavy atom. The summed E-state index contributed by atoms with van der Waals surface area (Å²) in [5, 5.41) is 32.0. The molecule has 2 bridgehead atoms. The van der Waals surface area contributed by atoms with Crippen molar-refractivity contribution in [1.82, 2.24) is 0 Å².